The number of fused-ring (bicyclic) bond motifs is 1. The summed E-state index contributed by atoms with van der Waals surface area (Å²) in [5.41, 5.74) is 0.216. The summed E-state index contributed by atoms with van der Waals surface area (Å²) in [6.07, 6.45) is 3.16. The van der Waals surface area contributed by atoms with E-state index in [1.807, 2.05) is 0 Å². The Labute approximate surface area is 143 Å². The van der Waals surface area contributed by atoms with Crippen molar-refractivity contribution in [1.29, 1.82) is 0 Å². The maximum absolute atomic E-state index is 12.8. The van der Waals surface area contributed by atoms with Crippen molar-refractivity contribution >= 4 is 23.6 Å². The van der Waals surface area contributed by atoms with Crippen LogP contribution in [0.1, 0.15) is 36.0 Å². The van der Waals surface area contributed by atoms with E-state index in [2.05, 4.69) is 0 Å². The average Bonchev–Trinajstić information content (AvgIpc) is 2.86. The second-order valence-corrected chi connectivity index (χ2v) is 6.35. The van der Waals surface area contributed by atoms with Gasteiger partial charge in [0.1, 0.15) is 12.4 Å². The smallest absolute Gasteiger partial charge is 0.326 e. The Hall–Kier alpha value is -2.57. The molecule has 1 heterocycles. The summed E-state index contributed by atoms with van der Waals surface area (Å²) >= 11 is 0. The monoisotopic (exact) mass is 347 g/mol. The molecule has 1 aliphatic heterocycles. The first-order chi connectivity index (χ1) is 12.0. The van der Waals surface area contributed by atoms with Crippen molar-refractivity contribution in [2.24, 2.45) is 11.8 Å². The number of benzene rings is 1. The number of nitrogens with zero attached hydrogens (tertiary/aromatic N) is 1. The highest BCUT2D eigenvalue weighted by atomic mass is 19.1. The van der Waals surface area contributed by atoms with Gasteiger partial charge in [-0.05, 0) is 37.1 Å². The van der Waals surface area contributed by atoms with Crippen LogP contribution in [-0.4, -0.2) is 41.6 Å². The zero-order valence-corrected chi connectivity index (χ0v) is 13.6. The molecule has 2 amide bonds. The molecule has 2 atom stereocenters. The summed E-state index contributed by atoms with van der Waals surface area (Å²) in [7, 11) is 0. The normalized spacial score (nSPS) is 22.7. The van der Waals surface area contributed by atoms with E-state index < -0.39 is 30.7 Å². The Morgan fingerprint density at radius 1 is 1.04 bits per heavy atom. The molecule has 0 aromatic heterocycles. The molecule has 7 heteroatoms. The van der Waals surface area contributed by atoms with E-state index in [0.29, 0.717) is 12.8 Å². The third-order valence-corrected chi connectivity index (χ3v) is 4.75. The molecule has 3 rings (SSSR count). The van der Waals surface area contributed by atoms with E-state index in [-0.39, 0.29) is 29.2 Å². The van der Waals surface area contributed by atoms with Gasteiger partial charge in [0.25, 0.3) is 0 Å². The first-order valence-corrected chi connectivity index (χ1v) is 8.27. The van der Waals surface area contributed by atoms with Gasteiger partial charge in [0.05, 0.1) is 11.8 Å². The number of halogens is 1. The third kappa shape index (κ3) is 3.60. The van der Waals surface area contributed by atoms with E-state index in [9.17, 15) is 23.6 Å². The van der Waals surface area contributed by atoms with Crippen LogP contribution in [0.25, 0.3) is 0 Å². The molecule has 2 aliphatic rings. The first kappa shape index (κ1) is 17.3. The lowest BCUT2D eigenvalue weighted by Gasteiger charge is -2.19. The second kappa shape index (κ2) is 7.13. The van der Waals surface area contributed by atoms with E-state index in [1.165, 1.54) is 12.1 Å². The highest BCUT2D eigenvalue weighted by Crippen LogP contribution is 2.37. The summed E-state index contributed by atoms with van der Waals surface area (Å²) in [5, 5.41) is 0. The highest BCUT2D eigenvalue weighted by molar-refractivity contribution is 6.07. The molecule has 0 radical (unpaired) electrons. The molecule has 0 bridgehead atoms. The molecule has 1 aromatic carbocycles. The summed E-state index contributed by atoms with van der Waals surface area (Å²) < 4.78 is 17.7. The molecule has 6 nitrogen and oxygen atoms in total. The van der Waals surface area contributed by atoms with Gasteiger partial charge in [-0.25, -0.2) is 4.39 Å². The third-order valence-electron chi connectivity index (χ3n) is 4.75. The van der Waals surface area contributed by atoms with Crippen LogP contribution in [0.2, 0.25) is 0 Å². The van der Waals surface area contributed by atoms with Crippen LogP contribution in [0.5, 0.6) is 0 Å². The number of Topliss-reactive ketones (excluding diaryl/α,β-unsaturated/α-hetero) is 1. The molecule has 2 fully saturated rings. The molecular weight excluding hydrogens is 329 g/mol. The Bertz CT molecular complexity index is 691. The molecule has 1 saturated carbocycles. The van der Waals surface area contributed by atoms with Gasteiger partial charge in [0.2, 0.25) is 11.8 Å². The van der Waals surface area contributed by atoms with Crippen molar-refractivity contribution in [3.8, 4) is 0 Å². The lowest BCUT2D eigenvalue weighted by atomic mass is 9.81. The fraction of sp³-hybridized carbons (Fsp3) is 0.444. The standard InChI is InChI=1S/C18H18FNO5/c19-12-7-5-11(6-8-12)15(21)10-25-16(22)9-20-17(23)13-3-1-2-4-14(13)18(20)24/h5-8,13-14H,1-4,9-10H2. The Morgan fingerprint density at radius 2 is 1.60 bits per heavy atom. The number of carbonyl (C=O) groups is 4. The van der Waals surface area contributed by atoms with E-state index in [0.717, 1.165) is 29.9 Å². The van der Waals surface area contributed by atoms with Crippen LogP contribution >= 0.6 is 0 Å². The van der Waals surface area contributed by atoms with Crippen LogP contribution in [0.4, 0.5) is 4.39 Å². The highest BCUT2D eigenvalue weighted by Gasteiger charge is 2.48. The minimum atomic E-state index is -0.809. The van der Waals surface area contributed by atoms with Crippen molar-refractivity contribution in [2.75, 3.05) is 13.2 Å². The van der Waals surface area contributed by atoms with Crippen molar-refractivity contribution in [3.63, 3.8) is 0 Å². The van der Waals surface area contributed by atoms with Gasteiger partial charge in [0, 0.05) is 5.56 Å². The quantitative estimate of drug-likeness (QED) is 0.460. The summed E-state index contributed by atoms with van der Waals surface area (Å²) in [5.74, 6) is -3.06. The molecule has 1 aliphatic carbocycles. The molecule has 0 N–H and O–H groups in total. The SMILES string of the molecule is O=C(CN1C(=O)C2CCCCC2C1=O)OCC(=O)c1ccc(F)cc1. The zero-order chi connectivity index (χ0) is 18.0. The molecule has 1 saturated heterocycles. The molecule has 132 valence electrons. The van der Waals surface area contributed by atoms with Gasteiger partial charge in [0.15, 0.2) is 12.4 Å². The summed E-state index contributed by atoms with van der Waals surface area (Å²) in [4.78, 5) is 49.3. The number of ketones is 1. The molecular formula is C18H18FNO5. The summed E-state index contributed by atoms with van der Waals surface area (Å²) in [6.45, 7) is -0.991. The second-order valence-electron chi connectivity index (χ2n) is 6.35. The number of carbonyl (C=O) groups excluding carboxylic acids is 4. The molecule has 25 heavy (non-hydrogen) atoms. The number of amides is 2. The number of imide groups is 1. The van der Waals surface area contributed by atoms with Gasteiger partial charge in [-0.15, -0.1) is 0 Å². The predicted octanol–water partition coefficient (Wildman–Crippen LogP) is 1.73. The lowest BCUT2D eigenvalue weighted by molar-refractivity contribution is -0.152. The van der Waals surface area contributed by atoms with Crippen LogP contribution < -0.4 is 0 Å². The lowest BCUT2D eigenvalue weighted by Crippen LogP contribution is -2.37. The van der Waals surface area contributed by atoms with Gasteiger partial charge in [-0.3, -0.25) is 24.1 Å². The van der Waals surface area contributed by atoms with Gasteiger partial charge in [-0.1, -0.05) is 12.8 Å². The summed E-state index contributed by atoms with van der Waals surface area (Å²) in [6, 6.07) is 4.87. The predicted molar refractivity (Wildman–Crippen MR) is 83.9 cm³/mol. The van der Waals surface area contributed by atoms with Crippen molar-refractivity contribution < 1.29 is 28.3 Å². The van der Waals surface area contributed by atoms with Crippen molar-refractivity contribution in [3.05, 3.63) is 35.6 Å². The fourth-order valence-corrected chi connectivity index (χ4v) is 3.43. The Balaban J connectivity index is 1.54. The Morgan fingerprint density at radius 3 is 2.16 bits per heavy atom. The van der Waals surface area contributed by atoms with Crippen LogP contribution in [0, 0.1) is 17.7 Å². The average molecular weight is 347 g/mol. The van der Waals surface area contributed by atoms with Crippen molar-refractivity contribution in [2.45, 2.75) is 25.7 Å². The van der Waals surface area contributed by atoms with Crippen LogP contribution in [0.15, 0.2) is 24.3 Å². The van der Waals surface area contributed by atoms with E-state index in [4.69, 9.17) is 4.74 Å². The molecule has 1 aromatic rings. The number of esters is 1. The fourth-order valence-electron chi connectivity index (χ4n) is 3.43. The van der Waals surface area contributed by atoms with Crippen LogP contribution in [-0.2, 0) is 19.1 Å². The van der Waals surface area contributed by atoms with E-state index in [1.54, 1.807) is 0 Å². The van der Waals surface area contributed by atoms with Crippen LogP contribution in [0.3, 0.4) is 0 Å². The number of hydrogen-bond donors (Lipinski definition) is 0. The molecule has 2 unspecified atom stereocenters. The maximum atomic E-state index is 12.8. The van der Waals surface area contributed by atoms with Gasteiger partial charge < -0.3 is 4.74 Å². The van der Waals surface area contributed by atoms with Crippen molar-refractivity contribution in [1.82, 2.24) is 4.90 Å². The Kier molecular flexibility index (Phi) is 4.92. The number of likely N-dealkylation sites (tertiary alicyclic amines) is 1. The minimum Gasteiger partial charge on any atom is -0.456 e. The first-order valence-electron chi connectivity index (χ1n) is 8.27. The van der Waals surface area contributed by atoms with Gasteiger partial charge >= 0.3 is 5.97 Å². The number of hydrogen-bond acceptors (Lipinski definition) is 5. The van der Waals surface area contributed by atoms with Gasteiger partial charge in [-0.2, -0.15) is 0 Å². The number of rotatable bonds is 5. The molecule has 0 spiro atoms. The zero-order valence-electron chi connectivity index (χ0n) is 13.6. The van der Waals surface area contributed by atoms with E-state index >= 15 is 0 Å². The largest absolute Gasteiger partial charge is 0.456 e. The maximum Gasteiger partial charge on any atom is 0.326 e. The number of ether oxygens (including phenoxy) is 1. The minimum absolute atomic E-state index is 0.216. The topological polar surface area (TPSA) is 80.8 Å².